The molecular weight excluding hydrogens is 396 g/mol. The van der Waals surface area contributed by atoms with E-state index in [0.29, 0.717) is 6.42 Å². The second-order valence-corrected chi connectivity index (χ2v) is 6.73. The molecule has 32 heavy (non-hydrogen) atoms. The molecule has 1 N–H and O–H groups in total. The van der Waals surface area contributed by atoms with E-state index < -0.39 is 0 Å². The molecule has 0 atom stereocenters. The lowest BCUT2D eigenvalue weighted by atomic mass is 10.1. The van der Waals surface area contributed by atoms with Gasteiger partial charge < -0.3 is 5.11 Å². The number of nitrogens with zero attached hydrogens (tertiary/aromatic N) is 2. The largest absolute Gasteiger partial charge is 0.508 e. The fourth-order valence-corrected chi connectivity index (χ4v) is 3.12. The van der Waals surface area contributed by atoms with Gasteiger partial charge in [-0.05, 0) is 61.5 Å². The monoisotopic (exact) mass is 432 g/mol. The number of rotatable bonds is 3. The molecule has 2 aliphatic rings. The Labute approximate surface area is 193 Å². The zero-order valence-corrected chi connectivity index (χ0v) is 20.0. The van der Waals surface area contributed by atoms with E-state index in [0.717, 1.165) is 29.9 Å². The van der Waals surface area contributed by atoms with E-state index in [1.165, 1.54) is 11.1 Å². The number of phenols is 1. The third-order valence-corrected chi connectivity index (χ3v) is 4.57. The van der Waals surface area contributed by atoms with Crippen molar-refractivity contribution >= 4 is 18.3 Å². The first-order chi connectivity index (χ1) is 15.6. The first-order valence-corrected chi connectivity index (χ1v) is 11.2. The summed E-state index contributed by atoms with van der Waals surface area (Å²) in [5.74, 6) is 0.282. The number of hydrogen-bond acceptors (Lipinski definition) is 3. The van der Waals surface area contributed by atoms with Crippen molar-refractivity contribution in [2.24, 2.45) is 4.99 Å². The maximum absolute atomic E-state index is 12.1. The van der Waals surface area contributed by atoms with Crippen LogP contribution >= 0.6 is 0 Å². The van der Waals surface area contributed by atoms with Gasteiger partial charge in [0.1, 0.15) is 5.75 Å². The fourth-order valence-electron chi connectivity index (χ4n) is 3.12. The molecule has 1 heterocycles. The van der Waals surface area contributed by atoms with Gasteiger partial charge in [-0.1, -0.05) is 75.8 Å². The molecule has 0 saturated carbocycles. The average molecular weight is 433 g/mol. The average Bonchev–Trinajstić information content (AvgIpc) is 2.98. The van der Waals surface area contributed by atoms with E-state index in [9.17, 15) is 9.90 Å². The van der Waals surface area contributed by atoms with Crippen molar-refractivity contribution < 1.29 is 9.90 Å². The standard InChI is InChI=1S/C15H13NO2.C9H11N.2C2H6/c17-13-8-6-12(7-9-13)16-14-5-3-1-2-4-11(14)10-15(16)18;1-8-3-5-9(6-4-8)7-10-2;2*1-2/h1,3-9,17H,2,10H2;3-6H,2,7H2,1H3;2*1-2H3. The normalized spacial score (nSPS) is 13.5. The van der Waals surface area contributed by atoms with Crippen molar-refractivity contribution in [3.63, 3.8) is 0 Å². The zero-order valence-electron chi connectivity index (χ0n) is 20.0. The number of carbonyl (C=O) groups excluding carboxylic acids is 1. The Morgan fingerprint density at radius 3 is 2.22 bits per heavy atom. The smallest absolute Gasteiger partial charge is 0.236 e. The Bertz CT molecular complexity index is 936. The number of anilines is 1. The number of benzene rings is 2. The van der Waals surface area contributed by atoms with E-state index in [4.69, 9.17) is 0 Å². The van der Waals surface area contributed by atoms with Crippen molar-refractivity contribution in [1.29, 1.82) is 0 Å². The maximum Gasteiger partial charge on any atom is 0.236 e. The van der Waals surface area contributed by atoms with Crippen LogP contribution in [0.4, 0.5) is 5.69 Å². The molecule has 0 spiro atoms. The van der Waals surface area contributed by atoms with E-state index in [2.05, 4.69) is 55.1 Å². The minimum atomic E-state index is 0.0773. The number of aryl methyl sites for hydroxylation is 1. The lowest BCUT2D eigenvalue weighted by Gasteiger charge is -2.18. The summed E-state index contributed by atoms with van der Waals surface area (Å²) >= 11 is 0. The summed E-state index contributed by atoms with van der Waals surface area (Å²) in [6.07, 6.45) is 9.42. The molecule has 0 unspecified atom stereocenters. The zero-order chi connectivity index (χ0) is 23.9. The molecule has 170 valence electrons. The molecular formula is C28H36N2O2. The van der Waals surface area contributed by atoms with E-state index in [1.54, 1.807) is 29.2 Å². The Balaban J connectivity index is 0.000000312. The van der Waals surface area contributed by atoms with Crippen LogP contribution in [0.15, 0.2) is 89.1 Å². The minimum absolute atomic E-state index is 0.0773. The highest BCUT2D eigenvalue weighted by Crippen LogP contribution is 2.35. The number of aliphatic imine (C=N–C) groups is 1. The molecule has 1 aliphatic heterocycles. The van der Waals surface area contributed by atoms with Crippen LogP contribution in [0.3, 0.4) is 0 Å². The highest BCUT2D eigenvalue weighted by Gasteiger charge is 2.31. The summed E-state index contributed by atoms with van der Waals surface area (Å²) in [5.41, 5.74) is 5.33. The molecule has 2 aromatic carbocycles. The summed E-state index contributed by atoms with van der Waals surface area (Å²) in [4.78, 5) is 17.6. The molecule has 4 heteroatoms. The molecule has 4 rings (SSSR count). The van der Waals surface area contributed by atoms with Gasteiger partial charge in [-0.2, -0.15) is 0 Å². The van der Waals surface area contributed by atoms with Crippen LogP contribution in [0.5, 0.6) is 5.75 Å². The van der Waals surface area contributed by atoms with Crippen LogP contribution in [0.25, 0.3) is 0 Å². The second-order valence-electron chi connectivity index (χ2n) is 6.73. The Morgan fingerprint density at radius 1 is 1.00 bits per heavy atom. The first kappa shape index (κ1) is 26.6. The Hall–Kier alpha value is -3.40. The molecule has 1 aliphatic carbocycles. The molecule has 0 radical (unpaired) electrons. The van der Waals surface area contributed by atoms with Crippen LogP contribution in [0.1, 0.15) is 51.7 Å². The molecule has 2 aromatic rings. The van der Waals surface area contributed by atoms with Gasteiger partial charge in [0.15, 0.2) is 0 Å². The van der Waals surface area contributed by atoms with Crippen LogP contribution in [0.2, 0.25) is 0 Å². The maximum atomic E-state index is 12.1. The van der Waals surface area contributed by atoms with Gasteiger partial charge in [-0.25, -0.2) is 0 Å². The van der Waals surface area contributed by atoms with E-state index in [-0.39, 0.29) is 11.7 Å². The third kappa shape index (κ3) is 7.69. The lowest BCUT2D eigenvalue weighted by molar-refractivity contribution is -0.116. The SMILES string of the molecule is C=NCc1ccc(C)cc1.CC.CC.O=C1CC2=CCC=CC=C2N1c1ccc(O)cc1. The van der Waals surface area contributed by atoms with Crippen molar-refractivity contribution in [1.82, 2.24) is 0 Å². The molecule has 1 fully saturated rings. The number of fused-ring (bicyclic) bond motifs is 1. The van der Waals surface area contributed by atoms with Crippen molar-refractivity contribution in [3.8, 4) is 5.75 Å². The van der Waals surface area contributed by atoms with E-state index >= 15 is 0 Å². The third-order valence-electron chi connectivity index (χ3n) is 4.57. The molecule has 0 aromatic heterocycles. The molecule has 0 bridgehead atoms. The predicted octanol–water partition coefficient (Wildman–Crippen LogP) is 7.15. The van der Waals surface area contributed by atoms with E-state index in [1.807, 2.05) is 39.8 Å². The number of hydrogen-bond donors (Lipinski definition) is 1. The molecule has 1 amide bonds. The van der Waals surface area contributed by atoms with Crippen molar-refractivity contribution in [2.75, 3.05) is 4.90 Å². The summed E-state index contributed by atoms with van der Waals surface area (Å²) in [6.45, 7) is 14.2. The van der Waals surface area contributed by atoms with Gasteiger partial charge in [0.05, 0.1) is 18.7 Å². The highest BCUT2D eigenvalue weighted by atomic mass is 16.3. The minimum Gasteiger partial charge on any atom is -0.508 e. The number of amides is 1. The summed E-state index contributed by atoms with van der Waals surface area (Å²) in [7, 11) is 0. The quantitative estimate of drug-likeness (QED) is 0.524. The predicted molar refractivity (Wildman–Crippen MR) is 137 cm³/mol. The van der Waals surface area contributed by atoms with Crippen LogP contribution in [-0.2, 0) is 11.3 Å². The van der Waals surface area contributed by atoms with Gasteiger partial charge in [0, 0.05) is 5.69 Å². The first-order valence-electron chi connectivity index (χ1n) is 11.2. The fraction of sp³-hybridized carbons (Fsp3) is 0.286. The lowest BCUT2D eigenvalue weighted by Crippen LogP contribution is -2.22. The number of aromatic hydroxyl groups is 1. The van der Waals surface area contributed by atoms with Crippen LogP contribution < -0.4 is 4.90 Å². The topological polar surface area (TPSA) is 52.9 Å². The summed E-state index contributed by atoms with van der Waals surface area (Å²) < 4.78 is 0. The Kier molecular flexibility index (Phi) is 12.1. The molecule has 1 saturated heterocycles. The summed E-state index contributed by atoms with van der Waals surface area (Å²) in [5, 5.41) is 9.30. The van der Waals surface area contributed by atoms with Gasteiger partial charge in [0.25, 0.3) is 0 Å². The second kappa shape index (κ2) is 14.6. The van der Waals surface area contributed by atoms with Gasteiger partial charge in [-0.3, -0.25) is 14.7 Å². The van der Waals surface area contributed by atoms with Gasteiger partial charge in [0.2, 0.25) is 5.91 Å². The van der Waals surface area contributed by atoms with Crippen molar-refractivity contribution in [2.45, 2.75) is 54.0 Å². The molecule has 4 nitrogen and oxygen atoms in total. The summed E-state index contributed by atoms with van der Waals surface area (Å²) in [6, 6.07) is 15.0. The Morgan fingerprint density at radius 2 is 1.62 bits per heavy atom. The van der Waals surface area contributed by atoms with Crippen molar-refractivity contribution in [3.05, 3.63) is 95.2 Å². The highest BCUT2D eigenvalue weighted by molar-refractivity contribution is 6.03. The number of carbonyl (C=O) groups is 1. The van der Waals surface area contributed by atoms with Crippen LogP contribution in [0, 0.1) is 6.92 Å². The number of allylic oxidation sites excluding steroid dienone is 5. The van der Waals surface area contributed by atoms with Gasteiger partial charge >= 0.3 is 0 Å². The van der Waals surface area contributed by atoms with Crippen LogP contribution in [-0.4, -0.2) is 17.7 Å². The van der Waals surface area contributed by atoms with Gasteiger partial charge in [-0.15, -0.1) is 0 Å². The number of phenolic OH excluding ortho intramolecular Hbond substituents is 1.